The highest BCUT2D eigenvalue weighted by Crippen LogP contribution is 2.32. The van der Waals surface area contributed by atoms with E-state index in [-0.39, 0.29) is 5.75 Å². The number of phenols is 1. The summed E-state index contributed by atoms with van der Waals surface area (Å²) in [5.41, 5.74) is 1.16. The molecule has 0 bridgehead atoms. The molecule has 1 N–H and O–H groups in total. The Balaban J connectivity index is 2.08. The summed E-state index contributed by atoms with van der Waals surface area (Å²) in [4.78, 5) is 0. The maximum Gasteiger partial charge on any atom is 0.169 e. The molecule has 0 aliphatic rings. The maximum atomic E-state index is 9.89. The summed E-state index contributed by atoms with van der Waals surface area (Å²) in [6.45, 7) is 4.91. The van der Waals surface area contributed by atoms with Crippen molar-refractivity contribution in [3.63, 3.8) is 0 Å². The van der Waals surface area contributed by atoms with Crippen molar-refractivity contribution in [1.82, 2.24) is 0 Å². The molecule has 2 aromatic carbocycles. The van der Waals surface area contributed by atoms with Gasteiger partial charge in [-0.05, 0) is 54.8 Å². The molecule has 0 amide bonds. The van der Waals surface area contributed by atoms with Crippen molar-refractivity contribution >= 4 is 0 Å². The zero-order valence-corrected chi connectivity index (χ0v) is 12.6. The number of hydrogen-bond donors (Lipinski definition) is 1. The third-order valence-corrected chi connectivity index (χ3v) is 3.09. The number of hydrogen-bond acceptors (Lipinski definition) is 3. The standard InChI is InChI=1S/C18H22O3/c1-3-5-14-6-11-17(19)18(13-14)21-16-9-7-15(8-10-16)20-12-4-2/h6-11,13,19H,3-5,12H2,1-2H3. The van der Waals surface area contributed by atoms with Crippen LogP contribution in [0.4, 0.5) is 0 Å². The van der Waals surface area contributed by atoms with Crippen LogP contribution in [0.1, 0.15) is 32.3 Å². The Labute approximate surface area is 126 Å². The van der Waals surface area contributed by atoms with E-state index in [1.807, 2.05) is 36.4 Å². The lowest BCUT2D eigenvalue weighted by atomic mass is 10.1. The summed E-state index contributed by atoms with van der Waals surface area (Å²) in [6.07, 6.45) is 3.02. The maximum absolute atomic E-state index is 9.89. The summed E-state index contributed by atoms with van der Waals surface area (Å²) in [6, 6.07) is 12.9. The van der Waals surface area contributed by atoms with Gasteiger partial charge >= 0.3 is 0 Å². The second-order valence-electron chi connectivity index (χ2n) is 4.97. The van der Waals surface area contributed by atoms with Crippen LogP contribution in [0.25, 0.3) is 0 Å². The Bertz CT molecular complexity index is 561. The van der Waals surface area contributed by atoms with Gasteiger partial charge in [0.25, 0.3) is 0 Å². The van der Waals surface area contributed by atoms with Crippen molar-refractivity contribution < 1.29 is 14.6 Å². The van der Waals surface area contributed by atoms with Gasteiger partial charge in [-0.3, -0.25) is 0 Å². The van der Waals surface area contributed by atoms with E-state index >= 15 is 0 Å². The van der Waals surface area contributed by atoms with Crippen LogP contribution in [0.3, 0.4) is 0 Å². The number of rotatable bonds is 7. The molecule has 0 unspecified atom stereocenters. The van der Waals surface area contributed by atoms with Crippen molar-refractivity contribution in [3.8, 4) is 23.0 Å². The largest absolute Gasteiger partial charge is 0.504 e. The zero-order valence-electron chi connectivity index (χ0n) is 12.6. The van der Waals surface area contributed by atoms with E-state index in [9.17, 15) is 5.11 Å². The fourth-order valence-electron chi connectivity index (χ4n) is 2.04. The smallest absolute Gasteiger partial charge is 0.169 e. The van der Waals surface area contributed by atoms with Crippen molar-refractivity contribution in [1.29, 1.82) is 0 Å². The Hall–Kier alpha value is -2.16. The molecule has 21 heavy (non-hydrogen) atoms. The first-order valence-electron chi connectivity index (χ1n) is 7.45. The second-order valence-corrected chi connectivity index (χ2v) is 4.97. The van der Waals surface area contributed by atoms with Crippen molar-refractivity contribution in [2.75, 3.05) is 6.61 Å². The van der Waals surface area contributed by atoms with E-state index in [0.717, 1.165) is 30.6 Å². The van der Waals surface area contributed by atoms with Crippen LogP contribution in [0.15, 0.2) is 42.5 Å². The molecule has 0 spiro atoms. The second kappa shape index (κ2) is 7.58. The van der Waals surface area contributed by atoms with Gasteiger partial charge in [0.05, 0.1) is 6.61 Å². The molecule has 0 aliphatic carbocycles. The van der Waals surface area contributed by atoms with Gasteiger partial charge in [-0.2, -0.15) is 0 Å². The van der Waals surface area contributed by atoms with E-state index in [1.165, 1.54) is 0 Å². The normalized spacial score (nSPS) is 10.4. The molecule has 3 heteroatoms. The molecule has 0 saturated heterocycles. The van der Waals surface area contributed by atoms with Gasteiger partial charge in [-0.1, -0.05) is 26.3 Å². The average molecular weight is 286 g/mol. The Morgan fingerprint density at radius 3 is 2.29 bits per heavy atom. The predicted octanol–water partition coefficient (Wildman–Crippen LogP) is 4.93. The van der Waals surface area contributed by atoms with Crippen LogP contribution < -0.4 is 9.47 Å². The van der Waals surface area contributed by atoms with Gasteiger partial charge in [0, 0.05) is 0 Å². The summed E-state index contributed by atoms with van der Waals surface area (Å²) in [5.74, 6) is 2.15. The van der Waals surface area contributed by atoms with Gasteiger partial charge in [-0.25, -0.2) is 0 Å². The fraction of sp³-hybridized carbons (Fsp3) is 0.333. The Morgan fingerprint density at radius 1 is 0.905 bits per heavy atom. The number of benzene rings is 2. The first-order chi connectivity index (χ1) is 10.2. The topological polar surface area (TPSA) is 38.7 Å². The lowest BCUT2D eigenvalue weighted by Gasteiger charge is -2.10. The molecule has 2 rings (SSSR count). The predicted molar refractivity (Wildman–Crippen MR) is 84.4 cm³/mol. The molecule has 0 atom stereocenters. The third kappa shape index (κ3) is 4.42. The Kier molecular flexibility index (Phi) is 5.50. The van der Waals surface area contributed by atoms with Crippen LogP contribution >= 0.6 is 0 Å². The molecule has 0 aromatic heterocycles. The van der Waals surface area contributed by atoms with Crippen molar-refractivity contribution in [2.45, 2.75) is 33.1 Å². The highest BCUT2D eigenvalue weighted by Gasteiger charge is 2.06. The number of aromatic hydroxyl groups is 1. The third-order valence-electron chi connectivity index (χ3n) is 3.09. The summed E-state index contributed by atoms with van der Waals surface area (Å²) >= 11 is 0. The highest BCUT2D eigenvalue weighted by atomic mass is 16.5. The van der Waals surface area contributed by atoms with Crippen LogP contribution in [0.5, 0.6) is 23.0 Å². The van der Waals surface area contributed by atoms with Gasteiger partial charge in [0.2, 0.25) is 0 Å². The summed E-state index contributed by atoms with van der Waals surface area (Å²) < 4.78 is 11.3. The van der Waals surface area contributed by atoms with E-state index in [1.54, 1.807) is 6.07 Å². The van der Waals surface area contributed by atoms with Crippen molar-refractivity contribution in [2.24, 2.45) is 0 Å². The van der Waals surface area contributed by atoms with Gasteiger partial charge in [-0.15, -0.1) is 0 Å². The average Bonchev–Trinajstić information content (AvgIpc) is 2.50. The molecular formula is C18H22O3. The monoisotopic (exact) mass is 286 g/mol. The van der Waals surface area contributed by atoms with E-state index < -0.39 is 0 Å². The molecular weight excluding hydrogens is 264 g/mol. The van der Waals surface area contributed by atoms with Crippen LogP contribution in [0, 0.1) is 0 Å². The highest BCUT2D eigenvalue weighted by molar-refractivity contribution is 5.45. The summed E-state index contributed by atoms with van der Waals surface area (Å²) in [5, 5.41) is 9.89. The molecule has 3 nitrogen and oxygen atoms in total. The molecule has 0 aliphatic heterocycles. The molecule has 0 heterocycles. The zero-order chi connectivity index (χ0) is 15.1. The van der Waals surface area contributed by atoms with Crippen LogP contribution in [-0.2, 0) is 6.42 Å². The molecule has 0 fully saturated rings. The van der Waals surface area contributed by atoms with Gasteiger partial charge < -0.3 is 14.6 Å². The number of ether oxygens (including phenoxy) is 2. The van der Waals surface area contributed by atoms with E-state index in [4.69, 9.17) is 9.47 Å². The lowest BCUT2D eigenvalue weighted by Crippen LogP contribution is -1.94. The van der Waals surface area contributed by atoms with Crippen molar-refractivity contribution in [3.05, 3.63) is 48.0 Å². The molecule has 0 radical (unpaired) electrons. The first kappa shape index (κ1) is 15.2. The van der Waals surface area contributed by atoms with Gasteiger partial charge in [0.15, 0.2) is 11.5 Å². The lowest BCUT2D eigenvalue weighted by molar-refractivity contribution is 0.317. The number of phenolic OH excluding ortho intramolecular Hbond substituents is 1. The van der Waals surface area contributed by atoms with Gasteiger partial charge in [0.1, 0.15) is 11.5 Å². The first-order valence-corrected chi connectivity index (χ1v) is 7.45. The SMILES string of the molecule is CCCOc1ccc(Oc2cc(CCC)ccc2O)cc1. The summed E-state index contributed by atoms with van der Waals surface area (Å²) in [7, 11) is 0. The molecule has 112 valence electrons. The minimum atomic E-state index is 0.154. The van der Waals surface area contributed by atoms with Crippen LogP contribution in [0.2, 0.25) is 0 Å². The molecule has 0 saturated carbocycles. The van der Waals surface area contributed by atoms with E-state index in [0.29, 0.717) is 18.1 Å². The minimum absolute atomic E-state index is 0.154. The van der Waals surface area contributed by atoms with Crippen LogP contribution in [-0.4, -0.2) is 11.7 Å². The number of aryl methyl sites for hydroxylation is 1. The fourth-order valence-corrected chi connectivity index (χ4v) is 2.04. The molecule has 2 aromatic rings. The quantitative estimate of drug-likeness (QED) is 0.784. The Morgan fingerprint density at radius 2 is 1.62 bits per heavy atom. The minimum Gasteiger partial charge on any atom is -0.504 e. The van der Waals surface area contributed by atoms with E-state index in [2.05, 4.69) is 13.8 Å².